The first-order chi connectivity index (χ1) is 8.30. The van der Waals surface area contributed by atoms with Crippen LogP contribution in [0, 0.1) is 0 Å². The molecule has 3 rings (SSSR count). The van der Waals surface area contributed by atoms with Gasteiger partial charge in [0.15, 0.2) is 6.29 Å². The molecule has 1 atom stereocenters. The Balaban J connectivity index is 2.01. The Morgan fingerprint density at radius 1 is 1.18 bits per heavy atom. The van der Waals surface area contributed by atoms with Crippen molar-refractivity contribution < 1.29 is 14.6 Å². The van der Waals surface area contributed by atoms with Crippen molar-refractivity contribution in [2.45, 2.75) is 24.7 Å². The second-order valence-corrected chi connectivity index (χ2v) is 4.53. The van der Waals surface area contributed by atoms with Crippen LogP contribution in [0.15, 0.2) is 36.4 Å². The van der Waals surface area contributed by atoms with Crippen molar-refractivity contribution in [2.24, 2.45) is 0 Å². The minimum atomic E-state index is -0.855. The van der Waals surface area contributed by atoms with Gasteiger partial charge in [0.05, 0.1) is 13.2 Å². The number of allylic oxidation sites excluding steroid dienone is 1. The molecule has 1 heterocycles. The molecule has 0 radical (unpaired) electrons. The lowest BCUT2D eigenvalue weighted by Crippen LogP contribution is -2.22. The second kappa shape index (κ2) is 4.26. The summed E-state index contributed by atoms with van der Waals surface area (Å²) in [5, 5.41) is 10.6. The minimum Gasteiger partial charge on any atom is -0.381 e. The van der Waals surface area contributed by atoms with Crippen molar-refractivity contribution in [3.8, 4) is 0 Å². The molecule has 0 aromatic heterocycles. The quantitative estimate of drug-likeness (QED) is 0.795. The zero-order valence-electron chi connectivity index (χ0n) is 9.63. The Morgan fingerprint density at radius 2 is 1.94 bits per heavy atom. The number of hydrogen-bond acceptors (Lipinski definition) is 3. The maximum absolute atomic E-state index is 10.6. The van der Waals surface area contributed by atoms with E-state index in [4.69, 9.17) is 9.47 Å². The van der Waals surface area contributed by atoms with Crippen LogP contribution in [-0.4, -0.2) is 18.3 Å². The predicted molar refractivity (Wildman–Crippen MR) is 63.4 cm³/mol. The van der Waals surface area contributed by atoms with Crippen molar-refractivity contribution in [1.29, 1.82) is 0 Å². The molecule has 3 heteroatoms. The summed E-state index contributed by atoms with van der Waals surface area (Å²) >= 11 is 0. The van der Waals surface area contributed by atoms with Gasteiger partial charge in [-0.05, 0) is 18.4 Å². The van der Waals surface area contributed by atoms with Crippen molar-refractivity contribution >= 4 is 0 Å². The average Bonchev–Trinajstić information content (AvgIpc) is 3.00. The Kier molecular flexibility index (Phi) is 2.74. The molecule has 0 saturated carbocycles. The SMILES string of the molecule is OC1(c2ccccc2C2OCCO2)C=CCC1. The maximum Gasteiger partial charge on any atom is 0.184 e. The van der Waals surface area contributed by atoms with E-state index in [-0.39, 0.29) is 6.29 Å². The van der Waals surface area contributed by atoms with Crippen LogP contribution in [0.5, 0.6) is 0 Å². The molecule has 0 amide bonds. The summed E-state index contributed by atoms with van der Waals surface area (Å²) < 4.78 is 11.1. The van der Waals surface area contributed by atoms with Crippen LogP contribution in [0.2, 0.25) is 0 Å². The zero-order chi connectivity index (χ0) is 11.7. The highest BCUT2D eigenvalue weighted by Crippen LogP contribution is 2.38. The molecular weight excluding hydrogens is 216 g/mol. The summed E-state index contributed by atoms with van der Waals surface area (Å²) in [5.41, 5.74) is 0.992. The summed E-state index contributed by atoms with van der Waals surface area (Å²) in [5.74, 6) is 0. The van der Waals surface area contributed by atoms with Gasteiger partial charge >= 0.3 is 0 Å². The third-order valence-electron chi connectivity index (χ3n) is 3.39. The molecule has 90 valence electrons. The van der Waals surface area contributed by atoms with Gasteiger partial charge in [0.1, 0.15) is 5.60 Å². The van der Waals surface area contributed by atoms with Crippen LogP contribution in [0.25, 0.3) is 0 Å². The first-order valence-corrected chi connectivity index (χ1v) is 6.02. The van der Waals surface area contributed by atoms with E-state index in [1.54, 1.807) is 0 Å². The van der Waals surface area contributed by atoms with E-state index in [1.165, 1.54) is 0 Å². The first-order valence-electron chi connectivity index (χ1n) is 6.02. The summed E-state index contributed by atoms with van der Waals surface area (Å²) in [6, 6.07) is 7.81. The fourth-order valence-electron chi connectivity index (χ4n) is 2.52. The third kappa shape index (κ3) is 1.90. The van der Waals surface area contributed by atoms with E-state index in [0.29, 0.717) is 13.2 Å². The van der Waals surface area contributed by atoms with Crippen molar-refractivity contribution in [1.82, 2.24) is 0 Å². The molecule has 1 aliphatic heterocycles. The molecule has 1 unspecified atom stereocenters. The lowest BCUT2D eigenvalue weighted by molar-refractivity contribution is -0.0475. The Labute approximate surface area is 101 Å². The van der Waals surface area contributed by atoms with Crippen LogP contribution in [0.1, 0.15) is 30.3 Å². The highest BCUT2D eigenvalue weighted by molar-refractivity contribution is 5.38. The number of rotatable bonds is 2. The summed E-state index contributed by atoms with van der Waals surface area (Å²) in [6.07, 6.45) is 5.21. The number of aliphatic hydroxyl groups is 1. The highest BCUT2D eigenvalue weighted by atomic mass is 16.7. The maximum atomic E-state index is 10.6. The van der Waals surface area contributed by atoms with Gasteiger partial charge < -0.3 is 14.6 Å². The molecular formula is C14H16O3. The first kappa shape index (κ1) is 11.0. The normalized spacial score (nSPS) is 29.0. The summed E-state index contributed by atoms with van der Waals surface area (Å²) in [4.78, 5) is 0. The van der Waals surface area contributed by atoms with E-state index in [2.05, 4.69) is 0 Å². The van der Waals surface area contributed by atoms with Gasteiger partial charge in [-0.1, -0.05) is 36.4 Å². The van der Waals surface area contributed by atoms with E-state index in [1.807, 2.05) is 36.4 Å². The monoisotopic (exact) mass is 232 g/mol. The fraction of sp³-hybridized carbons (Fsp3) is 0.429. The lowest BCUT2D eigenvalue weighted by Gasteiger charge is -2.25. The van der Waals surface area contributed by atoms with Crippen LogP contribution in [0.4, 0.5) is 0 Å². The van der Waals surface area contributed by atoms with Crippen LogP contribution < -0.4 is 0 Å². The topological polar surface area (TPSA) is 38.7 Å². The van der Waals surface area contributed by atoms with Gasteiger partial charge in [0, 0.05) is 5.56 Å². The third-order valence-corrected chi connectivity index (χ3v) is 3.39. The Bertz CT molecular complexity index is 435. The van der Waals surface area contributed by atoms with Crippen LogP contribution >= 0.6 is 0 Å². The molecule has 2 aliphatic rings. The van der Waals surface area contributed by atoms with Gasteiger partial charge in [0.2, 0.25) is 0 Å². The van der Waals surface area contributed by atoms with E-state index >= 15 is 0 Å². The fourth-order valence-corrected chi connectivity index (χ4v) is 2.52. The van der Waals surface area contributed by atoms with Gasteiger partial charge in [-0.3, -0.25) is 0 Å². The lowest BCUT2D eigenvalue weighted by atomic mass is 9.89. The molecule has 17 heavy (non-hydrogen) atoms. The van der Waals surface area contributed by atoms with Crippen LogP contribution in [-0.2, 0) is 15.1 Å². The Morgan fingerprint density at radius 3 is 2.65 bits per heavy atom. The van der Waals surface area contributed by atoms with E-state index in [9.17, 15) is 5.11 Å². The number of hydrogen-bond donors (Lipinski definition) is 1. The minimum absolute atomic E-state index is 0.329. The van der Waals surface area contributed by atoms with Crippen molar-refractivity contribution in [2.75, 3.05) is 13.2 Å². The number of ether oxygens (including phenoxy) is 2. The van der Waals surface area contributed by atoms with Crippen molar-refractivity contribution in [3.63, 3.8) is 0 Å². The molecule has 0 spiro atoms. The van der Waals surface area contributed by atoms with Gasteiger partial charge in [-0.2, -0.15) is 0 Å². The summed E-state index contributed by atoms with van der Waals surface area (Å²) in [6.45, 7) is 1.24. The zero-order valence-corrected chi connectivity index (χ0v) is 9.63. The second-order valence-electron chi connectivity index (χ2n) is 4.53. The molecule has 1 aliphatic carbocycles. The molecule has 1 saturated heterocycles. The number of benzene rings is 1. The molecule has 0 bridgehead atoms. The van der Waals surface area contributed by atoms with Crippen LogP contribution in [0.3, 0.4) is 0 Å². The molecule has 1 N–H and O–H groups in total. The average molecular weight is 232 g/mol. The smallest absolute Gasteiger partial charge is 0.184 e. The predicted octanol–water partition coefficient (Wildman–Crippen LogP) is 2.27. The molecule has 1 aromatic carbocycles. The Hall–Kier alpha value is -1.16. The highest BCUT2D eigenvalue weighted by Gasteiger charge is 2.33. The van der Waals surface area contributed by atoms with Gasteiger partial charge in [-0.25, -0.2) is 0 Å². The van der Waals surface area contributed by atoms with Gasteiger partial charge in [-0.15, -0.1) is 0 Å². The molecule has 1 fully saturated rings. The standard InChI is InChI=1S/C14H16O3/c15-14(7-3-4-8-14)12-6-2-1-5-11(12)13-16-9-10-17-13/h1-3,5-7,13,15H,4,8-10H2. The van der Waals surface area contributed by atoms with Crippen molar-refractivity contribution in [3.05, 3.63) is 47.5 Å². The van der Waals surface area contributed by atoms with E-state index < -0.39 is 5.60 Å². The molecule has 1 aromatic rings. The van der Waals surface area contributed by atoms with E-state index in [0.717, 1.165) is 24.0 Å². The largest absolute Gasteiger partial charge is 0.381 e. The summed E-state index contributed by atoms with van der Waals surface area (Å²) in [7, 11) is 0. The molecule has 3 nitrogen and oxygen atoms in total. The van der Waals surface area contributed by atoms with Gasteiger partial charge in [0.25, 0.3) is 0 Å².